The molecule has 0 aliphatic heterocycles. The van der Waals surface area contributed by atoms with Crippen molar-refractivity contribution in [3.8, 4) is 0 Å². The summed E-state index contributed by atoms with van der Waals surface area (Å²) < 4.78 is 18.4. The van der Waals surface area contributed by atoms with E-state index in [-0.39, 0.29) is 11.6 Å². The summed E-state index contributed by atoms with van der Waals surface area (Å²) in [6.07, 6.45) is 0.738. The zero-order chi connectivity index (χ0) is 21.2. The molecular formula is C22H25FN2O4. The van der Waals surface area contributed by atoms with Gasteiger partial charge in [0, 0.05) is 0 Å². The largest absolute Gasteiger partial charge is 0.454 e. The fourth-order valence-corrected chi connectivity index (χ4v) is 2.76. The molecule has 0 spiro atoms. The van der Waals surface area contributed by atoms with E-state index in [4.69, 9.17) is 4.74 Å². The Balaban J connectivity index is 1.80. The SMILES string of the molecule is CC(C)C[C@H](NC(=O)COC(=O)CNC(=O)c1ccccc1F)c1ccccc1. The zero-order valence-corrected chi connectivity index (χ0v) is 16.5. The van der Waals surface area contributed by atoms with E-state index in [9.17, 15) is 18.8 Å². The Kier molecular flexibility index (Phi) is 8.33. The summed E-state index contributed by atoms with van der Waals surface area (Å²) in [5.74, 6) is -2.28. The molecule has 6 nitrogen and oxygen atoms in total. The molecule has 0 fully saturated rings. The van der Waals surface area contributed by atoms with Gasteiger partial charge in [0.05, 0.1) is 11.6 Å². The maximum absolute atomic E-state index is 13.5. The fourth-order valence-electron chi connectivity index (χ4n) is 2.76. The van der Waals surface area contributed by atoms with Crippen molar-refractivity contribution in [1.29, 1.82) is 0 Å². The average Bonchev–Trinajstić information content (AvgIpc) is 2.70. The molecule has 2 N–H and O–H groups in total. The molecule has 154 valence electrons. The number of hydrogen-bond donors (Lipinski definition) is 2. The van der Waals surface area contributed by atoms with Crippen LogP contribution in [0.1, 0.15) is 42.2 Å². The van der Waals surface area contributed by atoms with E-state index in [0.29, 0.717) is 5.92 Å². The van der Waals surface area contributed by atoms with Crippen LogP contribution in [-0.2, 0) is 14.3 Å². The summed E-state index contributed by atoms with van der Waals surface area (Å²) >= 11 is 0. The monoisotopic (exact) mass is 400 g/mol. The number of benzene rings is 2. The summed E-state index contributed by atoms with van der Waals surface area (Å²) in [4.78, 5) is 35.9. The van der Waals surface area contributed by atoms with Gasteiger partial charge in [0.25, 0.3) is 11.8 Å². The van der Waals surface area contributed by atoms with Crippen LogP contribution in [-0.4, -0.2) is 30.9 Å². The second kappa shape index (κ2) is 10.9. The lowest BCUT2D eigenvalue weighted by atomic mass is 9.97. The minimum atomic E-state index is -0.787. The molecule has 2 aromatic carbocycles. The number of carbonyl (C=O) groups excluding carboxylic acids is 3. The lowest BCUT2D eigenvalue weighted by Crippen LogP contribution is -2.36. The first-order valence-corrected chi connectivity index (χ1v) is 9.39. The van der Waals surface area contributed by atoms with Crippen LogP contribution in [0.15, 0.2) is 54.6 Å². The van der Waals surface area contributed by atoms with E-state index in [0.717, 1.165) is 18.1 Å². The molecule has 0 aromatic heterocycles. The van der Waals surface area contributed by atoms with Crippen molar-refractivity contribution in [3.63, 3.8) is 0 Å². The molecule has 0 heterocycles. The van der Waals surface area contributed by atoms with E-state index >= 15 is 0 Å². The number of carbonyl (C=O) groups is 3. The van der Waals surface area contributed by atoms with Gasteiger partial charge >= 0.3 is 5.97 Å². The molecule has 7 heteroatoms. The standard InChI is InChI=1S/C22H25FN2O4/c1-15(2)12-19(16-8-4-3-5-9-16)25-20(26)14-29-21(27)13-24-22(28)17-10-6-7-11-18(17)23/h3-11,15,19H,12-14H2,1-2H3,(H,24,28)(H,25,26)/t19-/m0/s1. The predicted molar refractivity (Wildman–Crippen MR) is 106 cm³/mol. The zero-order valence-electron chi connectivity index (χ0n) is 16.5. The molecule has 2 aromatic rings. The molecular weight excluding hydrogens is 375 g/mol. The molecule has 0 aliphatic rings. The second-order valence-electron chi connectivity index (χ2n) is 6.98. The highest BCUT2D eigenvalue weighted by molar-refractivity contribution is 5.96. The molecule has 2 rings (SSSR count). The van der Waals surface area contributed by atoms with E-state index in [2.05, 4.69) is 24.5 Å². The van der Waals surface area contributed by atoms with Gasteiger partial charge in [-0.2, -0.15) is 0 Å². The summed E-state index contributed by atoms with van der Waals surface area (Å²) in [5.41, 5.74) is 0.801. The smallest absolute Gasteiger partial charge is 0.325 e. The van der Waals surface area contributed by atoms with Gasteiger partial charge < -0.3 is 15.4 Å². The van der Waals surface area contributed by atoms with Gasteiger partial charge in [-0.1, -0.05) is 56.3 Å². The fraction of sp³-hybridized carbons (Fsp3) is 0.318. The highest BCUT2D eigenvalue weighted by Crippen LogP contribution is 2.20. The molecule has 0 radical (unpaired) electrons. The van der Waals surface area contributed by atoms with Crippen molar-refractivity contribution in [2.75, 3.05) is 13.2 Å². The Morgan fingerprint density at radius 1 is 1.00 bits per heavy atom. The lowest BCUT2D eigenvalue weighted by molar-refractivity contribution is -0.147. The van der Waals surface area contributed by atoms with Crippen LogP contribution in [0, 0.1) is 11.7 Å². The maximum Gasteiger partial charge on any atom is 0.325 e. The molecule has 0 saturated heterocycles. The second-order valence-corrected chi connectivity index (χ2v) is 6.98. The quantitative estimate of drug-likeness (QED) is 0.634. The Morgan fingerprint density at radius 3 is 2.31 bits per heavy atom. The number of nitrogens with one attached hydrogen (secondary N) is 2. The molecule has 0 bridgehead atoms. The molecule has 29 heavy (non-hydrogen) atoms. The molecule has 0 aliphatic carbocycles. The average molecular weight is 400 g/mol. The molecule has 0 saturated carbocycles. The number of hydrogen-bond acceptors (Lipinski definition) is 4. The van der Waals surface area contributed by atoms with E-state index in [1.54, 1.807) is 0 Å². The van der Waals surface area contributed by atoms with Crippen LogP contribution in [0.5, 0.6) is 0 Å². The highest BCUT2D eigenvalue weighted by Gasteiger charge is 2.18. The molecule has 0 unspecified atom stereocenters. The van der Waals surface area contributed by atoms with Crippen molar-refractivity contribution < 1.29 is 23.5 Å². The summed E-state index contributed by atoms with van der Waals surface area (Å²) in [7, 11) is 0. The number of amides is 2. The maximum atomic E-state index is 13.5. The van der Waals surface area contributed by atoms with Crippen LogP contribution in [0.25, 0.3) is 0 Å². The van der Waals surface area contributed by atoms with E-state index in [1.807, 2.05) is 30.3 Å². The topological polar surface area (TPSA) is 84.5 Å². The first kappa shape index (κ1) is 22.1. The highest BCUT2D eigenvalue weighted by atomic mass is 19.1. The van der Waals surface area contributed by atoms with Gasteiger partial charge in [-0.25, -0.2) is 4.39 Å². The van der Waals surface area contributed by atoms with Crippen LogP contribution in [0.3, 0.4) is 0 Å². The predicted octanol–water partition coefficient (Wildman–Crippen LogP) is 3.00. The first-order chi connectivity index (χ1) is 13.9. The van der Waals surface area contributed by atoms with Gasteiger partial charge in [0.2, 0.25) is 0 Å². The molecule has 1 atom stereocenters. The van der Waals surface area contributed by atoms with Crippen LogP contribution >= 0.6 is 0 Å². The van der Waals surface area contributed by atoms with Crippen molar-refractivity contribution in [2.45, 2.75) is 26.3 Å². The third kappa shape index (κ3) is 7.37. The Bertz CT molecular complexity index is 840. The Hall–Kier alpha value is -3.22. The minimum Gasteiger partial charge on any atom is -0.454 e. The first-order valence-electron chi connectivity index (χ1n) is 9.39. The Labute approximate surface area is 169 Å². The Morgan fingerprint density at radius 2 is 1.66 bits per heavy atom. The normalized spacial score (nSPS) is 11.6. The number of rotatable bonds is 9. The van der Waals surface area contributed by atoms with Gasteiger partial charge in [0.15, 0.2) is 6.61 Å². The van der Waals surface area contributed by atoms with Crippen molar-refractivity contribution in [1.82, 2.24) is 10.6 Å². The summed E-state index contributed by atoms with van der Waals surface area (Å²) in [6, 6.07) is 14.8. The molecule has 2 amide bonds. The van der Waals surface area contributed by atoms with Crippen molar-refractivity contribution in [2.24, 2.45) is 5.92 Å². The van der Waals surface area contributed by atoms with Crippen LogP contribution in [0.4, 0.5) is 4.39 Å². The van der Waals surface area contributed by atoms with E-state index < -0.39 is 36.8 Å². The third-order valence-corrected chi connectivity index (χ3v) is 4.12. The van der Waals surface area contributed by atoms with Gasteiger partial charge in [0.1, 0.15) is 12.4 Å². The number of esters is 1. The number of ether oxygens (including phenoxy) is 1. The van der Waals surface area contributed by atoms with Crippen molar-refractivity contribution >= 4 is 17.8 Å². The van der Waals surface area contributed by atoms with Gasteiger partial charge in [-0.3, -0.25) is 14.4 Å². The summed E-state index contributed by atoms with van der Waals surface area (Å²) in [5, 5.41) is 5.14. The van der Waals surface area contributed by atoms with E-state index in [1.165, 1.54) is 18.2 Å². The lowest BCUT2D eigenvalue weighted by Gasteiger charge is -2.21. The number of halogens is 1. The minimum absolute atomic E-state index is 0.169. The van der Waals surface area contributed by atoms with Crippen LogP contribution < -0.4 is 10.6 Å². The van der Waals surface area contributed by atoms with Gasteiger partial charge in [-0.05, 0) is 30.0 Å². The van der Waals surface area contributed by atoms with Crippen molar-refractivity contribution in [3.05, 3.63) is 71.5 Å². The summed E-state index contributed by atoms with van der Waals surface area (Å²) in [6.45, 7) is 3.19. The van der Waals surface area contributed by atoms with Crippen LogP contribution in [0.2, 0.25) is 0 Å². The van der Waals surface area contributed by atoms with Gasteiger partial charge in [-0.15, -0.1) is 0 Å². The third-order valence-electron chi connectivity index (χ3n) is 4.12.